The Hall–Kier alpha value is -1.97. The van der Waals surface area contributed by atoms with E-state index in [1.54, 1.807) is 12.4 Å². The number of unbranched alkanes of at least 4 members (excludes halogenated alkanes) is 2. The van der Waals surface area contributed by atoms with Crippen molar-refractivity contribution in [2.45, 2.75) is 39.5 Å². The number of imidazole rings is 1. The van der Waals surface area contributed by atoms with Gasteiger partial charge in [-0.05, 0) is 25.5 Å². The fourth-order valence-electron chi connectivity index (χ4n) is 2.03. The summed E-state index contributed by atoms with van der Waals surface area (Å²) in [7, 11) is 0. The maximum Gasteiger partial charge on any atom is 0.183 e. The summed E-state index contributed by atoms with van der Waals surface area (Å²) in [6, 6.07) is 3.78. The molecule has 0 aliphatic rings. The van der Waals surface area contributed by atoms with Crippen LogP contribution in [0.4, 0.5) is 0 Å². The Morgan fingerprint density at radius 2 is 2.21 bits per heavy atom. The van der Waals surface area contributed by atoms with Gasteiger partial charge in [0, 0.05) is 30.1 Å². The van der Waals surface area contributed by atoms with Gasteiger partial charge >= 0.3 is 0 Å². The molecular formula is C15H19N3O. The van der Waals surface area contributed by atoms with Gasteiger partial charge in [0.15, 0.2) is 5.78 Å². The maximum atomic E-state index is 12.1. The molecule has 4 nitrogen and oxygen atoms in total. The first-order valence-corrected chi connectivity index (χ1v) is 6.72. The van der Waals surface area contributed by atoms with Gasteiger partial charge < -0.3 is 4.98 Å². The summed E-state index contributed by atoms with van der Waals surface area (Å²) in [5.74, 6) is 0.835. The van der Waals surface area contributed by atoms with Crippen LogP contribution in [0.25, 0.3) is 11.4 Å². The van der Waals surface area contributed by atoms with E-state index in [2.05, 4.69) is 21.9 Å². The van der Waals surface area contributed by atoms with Gasteiger partial charge in [0.1, 0.15) is 11.5 Å². The first-order chi connectivity index (χ1) is 9.22. The number of Topliss-reactive ketones (excluding diaryl/α,β-unsaturated/α-hetero) is 1. The third-order valence-electron chi connectivity index (χ3n) is 3.09. The molecule has 0 spiro atoms. The lowest BCUT2D eigenvalue weighted by Gasteiger charge is -1.97. The molecule has 2 aromatic heterocycles. The second kappa shape index (κ2) is 6.27. The predicted molar refractivity (Wildman–Crippen MR) is 75.0 cm³/mol. The van der Waals surface area contributed by atoms with E-state index in [0.29, 0.717) is 17.9 Å². The summed E-state index contributed by atoms with van der Waals surface area (Å²) in [4.78, 5) is 23.7. The molecule has 0 unspecified atom stereocenters. The maximum absolute atomic E-state index is 12.1. The SMILES string of the molecule is CCCCCC(=O)c1nc(-c2cccnc2)[nH]c1C. The summed E-state index contributed by atoms with van der Waals surface area (Å²) in [6.07, 6.45) is 7.17. The van der Waals surface area contributed by atoms with Crippen molar-refractivity contribution in [3.63, 3.8) is 0 Å². The highest BCUT2D eigenvalue weighted by Gasteiger charge is 2.15. The minimum atomic E-state index is 0.123. The standard InChI is InChI=1S/C15H19N3O/c1-3-4-5-8-13(19)14-11(2)17-15(18-14)12-7-6-9-16-10-12/h6-7,9-10H,3-5,8H2,1-2H3,(H,17,18). The molecule has 0 saturated heterocycles. The monoisotopic (exact) mass is 257 g/mol. The lowest BCUT2D eigenvalue weighted by Crippen LogP contribution is -2.01. The third-order valence-corrected chi connectivity index (χ3v) is 3.09. The van der Waals surface area contributed by atoms with Crippen molar-refractivity contribution < 1.29 is 4.79 Å². The highest BCUT2D eigenvalue weighted by Crippen LogP contribution is 2.18. The number of pyridine rings is 1. The van der Waals surface area contributed by atoms with Crippen molar-refractivity contribution >= 4 is 5.78 Å². The van der Waals surface area contributed by atoms with E-state index in [4.69, 9.17) is 0 Å². The molecule has 0 aromatic carbocycles. The fraction of sp³-hybridized carbons (Fsp3) is 0.400. The molecule has 0 atom stereocenters. The van der Waals surface area contributed by atoms with Crippen LogP contribution in [0.3, 0.4) is 0 Å². The van der Waals surface area contributed by atoms with E-state index in [9.17, 15) is 4.79 Å². The molecule has 0 aliphatic carbocycles. The summed E-state index contributed by atoms with van der Waals surface area (Å²) in [5.41, 5.74) is 2.30. The summed E-state index contributed by atoms with van der Waals surface area (Å²) < 4.78 is 0. The first-order valence-electron chi connectivity index (χ1n) is 6.72. The summed E-state index contributed by atoms with van der Waals surface area (Å²) in [6.45, 7) is 4.02. The number of hydrogen-bond donors (Lipinski definition) is 1. The van der Waals surface area contributed by atoms with Crippen LogP contribution in [0.1, 0.15) is 48.8 Å². The van der Waals surface area contributed by atoms with Crippen LogP contribution in [0, 0.1) is 6.92 Å². The molecule has 4 heteroatoms. The number of rotatable bonds is 6. The van der Waals surface area contributed by atoms with Gasteiger partial charge in [-0.3, -0.25) is 9.78 Å². The smallest absolute Gasteiger partial charge is 0.183 e. The molecule has 0 radical (unpaired) electrons. The Balaban J connectivity index is 2.15. The Labute approximate surface area is 113 Å². The Morgan fingerprint density at radius 3 is 2.89 bits per heavy atom. The molecule has 0 amide bonds. The number of hydrogen-bond acceptors (Lipinski definition) is 3. The van der Waals surface area contributed by atoms with Crippen LogP contribution in [-0.4, -0.2) is 20.7 Å². The third kappa shape index (κ3) is 3.28. The molecule has 0 aliphatic heterocycles. The molecule has 100 valence electrons. The normalized spacial score (nSPS) is 10.6. The zero-order valence-electron chi connectivity index (χ0n) is 11.4. The predicted octanol–water partition coefficient (Wildman–Crippen LogP) is 3.54. The van der Waals surface area contributed by atoms with Crippen molar-refractivity contribution in [1.82, 2.24) is 15.0 Å². The van der Waals surface area contributed by atoms with Crippen molar-refractivity contribution in [3.8, 4) is 11.4 Å². The van der Waals surface area contributed by atoms with Gasteiger partial charge in [-0.2, -0.15) is 0 Å². The van der Waals surface area contributed by atoms with Crippen LogP contribution in [0.5, 0.6) is 0 Å². The summed E-state index contributed by atoms with van der Waals surface area (Å²) in [5, 5.41) is 0. The zero-order valence-corrected chi connectivity index (χ0v) is 11.4. The second-order valence-electron chi connectivity index (χ2n) is 4.68. The number of carbonyl (C=O) groups excluding carboxylic acids is 1. The number of H-pyrrole nitrogens is 1. The van der Waals surface area contributed by atoms with Crippen LogP contribution in [-0.2, 0) is 0 Å². The van der Waals surface area contributed by atoms with Crippen molar-refractivity contribution in [1.29, 1.82) is 0 Å². The molecule has 2 aromatic rings. The Kier molecular flexibility index (Phi) is 4.44. The van der Waals surface area contributed by atoms with Crippen LogP contribution >= 0.6 is 0 Å². The van der Waals surface area contributed by atoms with Crippen molar-refractivity contribution in [2.75, 3.05) is 0 Å². The molecule has 0 fully saturated rings. The van der Waals surface area contributed by atoms with E-state index in [1.807, 2.05) is 19.1 Å². The quantitative estimate of drug-likeness (QED) is 0.636. The molecule has 2 heterocycles. The van der Waals surface area contributed by atoms with Crippen LogP contribution < -0.4 is 0 Å². The summed E-state index contributed by atoms with van der Waals surface area (Å²) >= 11 is 0. The molecule has 19 heavy (non-hydrogen) atoms. The van der Waals surface area contributed by atoms with Gasteiger partial charge in [-0.1, -0.05) is 19.8 Å². The van der Waals surface area contributed by atoms with E-state index < -0.39 is 0 Å². The number of aromatic nitrogens is 3. The van der Waals surface area contributed by atoms with E-state index in [-0.39, 0.29) is 5.78 Å². The minimum absolute atomic E-state index is 0.123. The first kappa shape index (κ1) is 13.5. The average molecular weight is 257 g/mol. The number of nitrogens with zero attached hydrogens (tertiary/aromatic N) is 2. The molecule has 1 N–H and O–H groups in total. The molecular weight excluding hydrogens is 238 g/mol. The Morgan fingerprint density at radius 1 is 1.37 bits per heavy atom. The molecule has 0 saturated carbocycles. The lowest BCUT2D eigenvalue weighted by atomic mass is 10.1. The highest BCUT2D eigenvalue weighted by molar-refractivity contribution is 5.95. The lowest BCUT2D eigenvalue weighted by molar-refractivity contribution is 0.0974. The number of aryl methyl sites for hydroxylation is 1. The number of carbonyl (C=O) groups is 1. The fourth-order valence-corrected chi connectivity index (χ4v) is 2.03. The van der Waals surface area contributed by atoms with Gasteiger partial charge in [0.25, 0.3) is 0 Å². The van der Waals surface area contributed by atoms with Crippen LogP contribution in [0.2, 0.25) is 0 Å². The van der Waals surface area contributed by atoms with E-state index in [1.165, 1.54) is 0 Å². The van der Waals surface area contributed by atoms with Gasteiger partial charge in [-0.25, -0.2) is 4.98 Å². The van der Waals surface area contributed by atoms with Crippen molar-refractivity contribution in [3.05, 3.63) is 35.9 Å². The zero-order chi connectivity index (χ0) is 13.7. The van der Waals surface area contributed by atoms with Crippen molar-refractivity contribution in [2.24, 2.45) is 0 Å². The Bertz CT molecular complexity index is 546. The number of nitrogens with one attached hydrogen (secondary N) is 1. The number of aromatic amines is 1. The van der Waals surface area contributed by atoms with Crippen LogP contribution in [0.15, 0.2) is 24.5 Å². The average Bonchev–Trinajstić information content (AvgIpc) is 2.82. The van der Waals surface area contributed by atoms with Gasteiger partial charge in [0.05, 0.1) is 0 Å². The number of ketones is 1. The second-order valence-corrected chi connectivity index (χ2v) is 4.68. The van der Waals surface area contributed by atoms with E-state index in [0.717, 1.165) is 30.5 Å². The topological polar surface area (TPSA) is 58.6 Å². The van der Waals surface area contributed by atoms with E-state index >= 15 is 0 Å². The highest BCUT2D eigenvalue weighted by atomic mass is 16.1. The minimum Gasteiger partial charge on any atom is -0.341 e. The van der Waals surface area contributed by atoms with Gasteiger partial charge in [0.2, 0.25) is 0 Å². The molecule has 2 rings (SSSR count). The van der Waals surface area contributed by atoms with Gasteiger partial charge in [-0.15, -0.1) is 0 Å². The largest absolute Gasteiger partial charge is 0.341 e. The molecule has 0 bridgehead atoms.